The molecule has 2 aromatic carbocycles. The minimum Gasteiger partial charge on any atom is -0.492 e. The Morgan fingerprint density at radius 1 is 0.950 bits per heavy atom. The SMILES string of the molecule is Clc1cccc2c(OCCc3ccccc3)ccnc12. The molecule has 0 aliphatic heterocycles. The summed E-state index contributed by atoms with van der Waals surface area (Å²) in [5.41, 5.74) is 2.05. The first-order valence-corrected chi connectivity index (χ1v) is 6.92. The zero-order valence-electron chi connectivity index (χ0n) is 10.9. The first-order chi connectivity index (χ1) is 9.84. The van der Waals surface area contributed by atoms with Gasteiger partial charge in [-0.2, -0.15) is 0 Å². The summed E-state index contributed by atoms with van der Waals surface area (Å²) in [7, 11) is 0. The van der Waals surface area contributed by atoms with Crippen molar-refractivity contribution in [3.05, 3.63) is 71.4 Å². The molecule has 0 amide bonds. The molecule has 1 heterocycles. The molecule has 0 aliphatic rings. The van der Waals surface area contributed by atoms with Crippen LogP contribution in [0.3, 0.4) is 0 Å². The second kappa shape index (κ2) is 5.93. The van der Waals surface area contributed by atoms with Crippen molar-refractivity contribution in [1.82, 2.24) is 4.98 Å². The number of para-hydroxylation sites is 1. The van der Waals surface area contributed by atoms with E-state index >= 15 is 0 Å². The molecule has 0 aliphatic carbocycles. The quantitative estimate of drug-likeness (QED) is 0.703. The lowest BCUT2D eigenvalue weighted by atomic mass is 10.2. The molecule has 3 aromatic rings. The maximum Gasteiger partial charge on any atom is 0.130 e. The van der Waals surface area contributed by atoms with Gasteiger partial charge in [0.05, 0.1) is 17.1 Å². The molecule has 0 saturated heterocycles. The van der Waals surface area contributed by atoms with Gasteiger partial charge in [0, 0.05) is 18.0 Å². The lowest BCUT2D eigenvalue weighted by Gasteiger charge is -2.09. The molecule has 3 rings (SSSR count). The Labute approximate surface area is 123 Å². The Morgan fingerprint density at radius 3 is 2.65 bits per heavy atom. The van der Waals surface area contributed by atoms with Gasteiger partial charge in [-0.25, -0.2) is 0 Å². The topological polar surface area (TPSA) is 22.1 Å². The number of rotatable bonds is 4. The molecule has 0 unspecified atom stereocenters. The van der Waals surface area contributed by atoms with Gasteiger partial charge in [-0.05, 0) is 23.8 Å². The summed E-state index contributed by atoms with van der Waals surface area (Å²) in [4.78, 5) is 4.30. The van der Waals surface area contributed by atoms with Crippen LogP contribution in [0, 0.1) is 0 Å². The monoisotopic (exact) mass is 283 g/mol. The number of nitrogens with zero attached hydrogens (tertiary/aromatic N) is 1. The van der Waals surface area contributed by atoms with Gasteiger partial charge in [0.2, 0.25) is 0 Å². The molecule has 2 nitrogen and oxygen atoms in total. The number of hydrogen-bond acceptors (Lipinski definition) is 2. The summed E-state index contributed by atoms with van der Waals surface area (Å²) in [5.74, 6) is 0.827. The third kappa shape index (κ3) is 2.75. The molecule has 1 aromatic heterocycles. The van der Waals surface area contributed by atoms with Crippen LogP contribution in [0.25, 0.3) is 10.9 Å². The van der Waals surface area contributed by atoms with Crippen molar-refractivity contribution in [3.8, 4) is 5.75 Å². The highest BCUT2D eigenvalue weighted by molar-refractivity contribution is 6.35. The van der Waals surface area contributed by atoms with Crippen LogP contribution < -0.4 is 4.74 Å². The van der Waals surface area contributed by atoms with E-state index in [9.17, 15) is 0 Å². The van der Waals surface area contributed by atoms with E-state index in [4.69, 9.17) is 16.3 Å². The van der Waals surface area contributed by atoms with Crippen molar-refractivity contribution in [3.63, 3.8) is 0 Å². The van der Waals surface area contributed by atoms with E-state index in [2.05, 4.69) is 17.1 Å². The van der Waals surface area contributed by atoms with Crippen LogP contribution >= 0.6 is 11.6 Å². The smallest absolute Gasteiger partial charge is 0.130 e. The highest BCUT2D eigenvalue weighted by atomic mass is 35.5. The predicted molar refractivity (Wildman–Crippen MR) is 82.4 cm³/mol. The number of hydrogen-bond donors (Lipinski definition) is 0. The van der Waals surface area contributed by atoms with Crippen LogP contribution in [-0.2, 0) is 6.42 Å². The normalized spacial score (nSPS) is 10.7. The largest absolute Gasteiger partial charge is 0.492 e. The lowest BCUT2D eigenvalue weighted by Crippen LogP contribution is -2.01. The van der Waals surface area contributed by atoms with E-state index in [1.165, 1.54) is 5.56 Å². The van der Waals surface area contributed by atoms with Crippen molar-refractivity contribution in [2.24, 2.45) is 0 Å². The van der Waals surface area contributed by atoms with Crippen LogP contribution in [0.4, 0.5) is 0 Å². The Balaban J connectivity index is 1.76. The van der Waals surface area contributed by atoms with E-state index in [1.54, 1.807) is 6.20 Å². The Bertz CT molecular complexity index is 713. The summed E-state index contributed by atoms with van der Waals surface area (Å²) in [5, 5.41) is 1.60. The maximum absolute atomic E-state index is 6.14. The van der Waals surface area contributed by atoms with E-state index < -0.39 is 0 Å². The van der Waals surface area contributed by atoms with Crippen LogP contribution in [0.15, 0.2) is 60.8 Å². The fourth-order valence-electron chi connectivity index (χ4n) is 2.16. The summed E-state index contributed by atoms with van der Waals surface area (Å²) in [6.07, 6.45) is 2.61. The summed E-state index contributed by atoms with van der Waals surface area (Å²) in [6, 6.07) is 17.9. The molecule has 0 bridgehead atoms. The zero-order chi connectivity index (χ0) is 13.8. The highest BCUT2D eigenvalue weighted by Gasteiger charge is 2.05. The Morgan fingerprint density at radius 2 is 1.80 bits per heavy atom. The Hall–Kier alpha value is -2.06. The van der Waals surface area contributed by atoms with Gasteiger partial charge in [-0.3, -0.25) is 4.98 Å². The van der Waals surface area contributed by atoms with Crippen LogP contribution in [0.5, 0.6) is 5.75 Å². The zero-order valence-corrected chi connectivity index (χ0v) is 11.7. The van der Waals surface area contributed by atoms with Crippen molar-refractivity contribution in [2.75, 3.05) is 6.61 Å². The van der Waals surface area contributed by atoms with E-state index in [0.29, 0.717) is 11.6 Å². The maximum atomic E-state index is 6.14. The first kappa shape index (κ1) is 12.9. The molecule has 0 atom stereocenters. The minimum atomic E-state index is 0.635. The molecular formula is C17H14ClNO. The highest BCUT2D eigenvalue weighted by Crippen LogP contribution is 2.28. The second-order valence-electron chi connectivity index (χ2n) is 4.53. The molecule has 0 N–H and O–H groups in total. The molecule has 20 heavy (non-hydrogen) atoms. The van der Waals surface area contributed by atoms with Crippen LogP contribution in [0.2, 0.25) is 5.02 Å². The van der Waals surface area contributed by atoms with Gasteiger partial charge in [0.1, 0.15) is 5.75 Å². The van der Waals surface area contributed by atoms with Gasteiger partial charge in [0.25, 0.3) is 0 Å². The second-order valence-corrected chi connectivity index (χ2v) is 4.94. The average molecular weight is 284 g/mol. The van der Waals surface area contributed by atoms with E-state index in [-0.39, 0.29) is 0 Å². The lowest BCUT2D eigenvalue weighted by molar-refractivity contribution is 0.325. The standard InChI is InChI=1S/C17H14ClNO/c18-15-8-4-7-14-16(9-11-19-17(14)15)20-12-10-13-5-2-1-3-6-13/h1-9,11H,10,12H2. The fourth-order valence-corrected chi connectivity index (χ4v) is 2.39. The van der Waals surface area contributed by atoms with Gasteiger partial charge in [-0.1, -0.05) is 48.0 Å². The third-order valence-electron chi connectivity index (χ3n) is 3.17. The van der Waals surface area contributed by atoms with Crippen molar-refractivity contribution in [2.45, 2.75) is 6.42 Å². The molecular weight excluding hydrogens is 270 g/mol. The average Bonchev–Trinajstić information content (AvgIpc) is 2.49. The fraction of sp³-hybridized carbons (Fsp3) is 0.118. The van der Waals surface area contributed by atoms with Gasteiger partial charge < -0.3 is 4.74 Å². The van der Waals surface area contributed by atoms with E-state index in [1.807, 2.05) is 42.5 Å². The van der Waals surface area contributed by atoms with Gasteiger partial charge in [0.15, 0.2) is 0 Å². The van der Waals surface area contributed by atoms with E-state index in [0.717, 1.165) is 23.1 Å². The number of ether oxygens (including phenoxy) is 1. The third-order valence-corrected chi connectivity index (χ3v) is 3.48. The molecule has 0 fully saturated rings. The molecule has 0 saturated carbocycles. The van der Waals surface area contributed by atoms with Gasteiger partial charge in [-0.15, -0.1) is 0 Å². The number of halogens is 1. The predicted octanol–water partition coefficient (Wildman–Crippen LogP) is 4.51. The van der Waals surface area contributed by atoms with Crippen LogP contribution in [-0.4, -0.2) is 11.6 Å². The first-order valence-electron chi connectivity index (χ1n) is 6.54. The minimum absolute atomic E-state index is 0.635. The summed E-state index contributed by atoms with van der Waals surface area (Å²) < 4.78 is 5.88. The summed E-state index contributed by atoms with van der Waals surface area (Å²) in [6.45, 7) is 0.635. The summed E-state index contributed by atoms with van der Waals surface area (Å²) >= 11 is 6.14. The van der Waals surface area contributed by atoms with Crippen molar-refractivity contribution >= 4 is 22.5 Å². The number of pyridine rings is 1. The van der Waals surface area contributed by atoms with Crippen molar-refractivity contribution < 1.29 is 4.74 Å². The Kier molecular flexibility index (Phi) is 3.84. The molecule has 0 radical (unpaired) electrons. The van der Waals surface area contributed by atoms with Crippen molar-refractivity contribution in [1.29, 1.82) is 0 Å². The molecule has 100 valence electrons. The number of aromatic nitrogens is 1. The van der Waals surface area contributed by atoms with Gasteiger partial charge >= 0.3 is 0 Å². The number of benzene rings is 2. The van der Waals surface area contributed by atoms with Crippen LogP contribution in [0.1, 0.15) is 5.56 Å². The number of fused-ring (bicyclic) bond motifs is 1. The molecule has 0 spiro atoms. The molecule has 3 heteroatoms.